The second-order valence-electron chi connectivity index (χ2n) is 5.92. The second-order valence-corrected chi connectivity index (χ2v) is 5.92. The van der Waals surface area contributed by atoms with E-state index >= 15 is 0 Å². The van der Waals surface area contributed by atoms with Gasteiger partial charge in [-0.05, 0) is 44.4 Å². The molecule has 1 aliphatic rings. The maximum Gasteiger partial charge on any atom is -0.0206 e. The molecule has 0 spiro atoms. The zero-order chi connectivity index (χ0) is 12.5. The average molecular weight is 236 g/mol. The highest BCUT2D eigenvalue weighted by atomic mass is 14.2. The van der Waals surface area contributed by atoms with Crippen molar-refractivity contribution < 1.29 is 0 Å². The summed E-state index contributed by atoms with van der Waals surface area (Å²) in [5.74, 6) is 1.95. The summed E-state index contributed by atoms with van der Waals surface area (Å²) >= 11 is 0. The summed E-state index contributed by atoms with van der Waals surface area (Å²) < 4.78 is 0. The molecule has 0 aromatic rings. The third kappa shape index (κ3) is 5.75. The van der Waals surface area contributed by atoms with Crippen molar-refractivity contribution in [2.75, 3.05) is 0 Å². The Bertz CT molecular complexity index is 214. The van der Waals surface area contributed by atoms with Crippen molar-refractivity contribution >= 4 is 0 Å². The summed E-state index contributed by atoms with van der Waals surface area (Å²) in [6.07, 6.45) is 16.8. The highest BCUT2D eigenvalue weighted by Crippen LogP contribution is 2.33. The van der Waals surface area contributed by atoms with E-state index in [0.29, 0.717) is 0 Å². The fraction of sp³-hybridized carbons (Fsp3) is 0.882. The quantitative estimate of drug-likeness (QED) is 0.296. The lowest BCUT2D eigenvalue weighted by Crippen LogP contribution is -2.02. The molecule has 2 atom stereocenters. The number of rotatable bonds is 6. The average Bonchev–Trinajstić information content (AvgIpc) is 2.55. The highest BCUT2D eigenvalue weighted by molar-refractivity contribution is 5.03. The molecule has 1 rings (SSSR count). The maximum atomic E-state index is 2.45. The Labute approximate surface area is 109 Å². The van der Waals surface area contributed by atoms with Gasteiger partial charge in [-0.3, -0.25) is 0 Å². The molecule has 0 bridgehead atoms. The minimum Gasteiger partial charge on any atom is -0.0856 e. The number of allylic oxidation sites excluding steroid dienone is 2. The van der Waals surface area contributed by atoms with Gasteiger partial charge in [-0.2, -0.15) is 0 Å². The van der Waals surface area contributed by atoms with Crippen LogP contribution in [-0.2, 0) is 0 Å². The fourth-order valence-corrected chi connectivity index (χ4v) is 3.29. The first-order chi connectivity index (χ1) is 8.27. The third-order valence-corrected chi connectivity index (χ3v) is 4.47. The molecule has 17 heavy (non-hydrogen) atoms. The molecule has 0 aliphatic heterocycles. The van der Waals surface area contributed by atoms with E-state index < -0.39 is 0 Å². The molecule has 0 aromatic carbocycles. The van der Waals surface area contributed by atoms with Gasteiger partial charge in [0, 0.05) is 0 Å². The molecule has 0 saturated heterocycles. The van der Waals surface area contributed by atoms with Crippen LogP contribution in [0.3, 0.4) is 0 Å². The van der Waals surface area contributed by atoms with Crippen LogP contribution in [0, 0.1) is 11.8 Å². The molecular weight excluding hydrogens is 204 g/mol. The molecule has 1 fully saturated rings. The first kappa shape index (κ1) is 14.8. The summed E-state index contributed by atoms with van der Waals surface area (Å²) in [6, 6.07) is 0. The maximum absolute atomic E-state index is 2.45. The normalized spacial score (nSPS) is 26.9. The molecule has 0 heteroatoms. The van der Waals surface area contributed by atoms with Crippen molar-refractivity contribution in [3.05, 3.63) is 11.6 Å². The van der Waals surface area contributed by atoms with Crippen LogP contribution in [0.1, 0.15) is 85.0 Å². The van der Waals surface area contributed by atoms with Crippen LogP contribution in [0.5, 0.6) is 0 Å². The van der Waals surface area contributed by atoms with Crippen molar-refractivity contribution in [3.63, 3.8) is 0 Å². The van der Waals surface area contributed by atoms with Crippen LogP contribution in [-0.4, -0.2) is 0 Å². The van der Waals surface area contributed by atoms with Crippen molar-refractivity contribution in [3.8, 4) is 0 Å². The Hall–Kier alpha value is -0.260. The van der Waals surface area contributed by atoms with Crippen molar-refractivity contribution in [1.82, 2.24) is 0 Å². The van der Waals surface area contributed by atoms with E-state index in [0.717, 1.165) is 11.8 Å². The van der Waals surface area contributed by atoms with Gasteiger partial charge in [0.2, 0.25) is 0 Å². The van der Waals surface area contributed by atoms with E-state index in [1.54, 1.807) is 5.57 Å². The first-order valence-electron chi connectivity index (χ1n) is 7.94. The predicted molar refractivity (Wildman–Crippen MR) is 78.3 cm³/mol. The van der Waals surface area contributed by atoms with Crippen molar-refractivity contribution in [2.24, 2.45) is 11.8 Å². The summed E-state index contributed by atoms with van der Waals surface area (Å²) in [7, 11) is 0. The van der Waals surface area contributed by atoms with Gasteiger partial charge in [0.15, 0.2) is 0 Å². The molecule has 2 unspecified atom stereocenters. The molecule has 0 aromatic heterocycles. The van der Waals surface area contributed by atoms with Gasteiger partial charge < -0.3 is 0 Å². The summed E-state index contributed by atoms with van der Waals surface area (Å²) in [5, 5.41) is 0. The molecular formula is C17H32. The molecule has 1 aliphatic carbocycles. The van der Waals surface area contributed by atoms with Crippen LogP contribution in [0.15, 0.2) is 11.6 Å². The zero-order valence-electron chi connectivity index (χ0n) is 12.3. The van der Waals surface area contributed by atoms with Gasteiger partial charge in [-0.1, -0.05) is 64.0 Å². The fourth-order valence-electron chi connectivity index (χ4n) is 3.29. The Morgan fingerprint density at radius 2 is 1.88 bits per heavy atom. The van der Waals surface area contributed by atoms with Gasteiger partial charge in [-0.15, -0.1) is 0 Å². The zero-order valence-corrected chi connectivity index (χ0v) is 12.3. The monoisotopic (exact) mass is 236 g/mol. The Kier molecular flexibility index (Phi) is 7.64. The van der Waals surface area contributed by atoms with E-state index in [-0.39, 0.29) is 0 Å². The minimum absolute atomic E-state index is 0.908. The van der Waals surface area contributed by atoms with Crippen LogP contribution in [0.25, 0.3) is 0 Å². The summed E-state index contributed by atoms with van der Waals surface area (Å²) in [6.45, 7) is 6.92. The highest BCUT2D eigenvalue weighted by Gasteiger charge is 2.19. The van der Waals surface area contributed by atoms with Crippen molar-refractivity contribution in [2.45, 2.75) is 85.0 Å². The lowest BCUT2D eigenvalue weighted by Gasteiger charge is -2.16. The van der Waals surface area contributed by atoms with Gasteiger partial charge in [-0.25, -0.2) is 0 Å². The van der Waals surface area contributed by atoms with E-state index in [2.05, 4.69) is 26.8 Å². The number of hydrogen-bond donors (Lipinski definition) is 0. The van der Waals surface area contributed by atoms with Gasteiger partial charge in [0.05, 0.1) is 0 Å². The minimum atomic E-state index is 0.908. The van der Waals surface area contributed by atoms with E-state index in [1.807, 2.05) is 0 Å². The second kappa shape index (κ2) is 8.78. The third-order valence-electron chi connectivity index (χ3n) is 4.47. The van der Waals surface area contributed by atoms with Crippen LogP contribution in [0.2, 0.25) is 0 Å². The van der Waals surface area contributed by atoms with Crippen LogP contribution >= 0.6 is 0 Å². The SMILES string of the molecule is CCC=C(C)C1CCCC(CCCCC)CC1. The smallest absolute Gasteiger partial charge is 0.0206 e. The van der Waals surface area contributed by atoms with Gasteiger partial charge >= 0.3 is 0 Å². The molecule has 0 nitrogen and oxygen atoms in total. The Balaban J connectivity index is 2.31. The molecule has 100 valence electrons. The predicted octanol–water partition coefficient (Wildman–Crippen LogP) is 6.12. The van der Waals surface area contributed by atoms with E-state index in [9.17, 15) is 0 Å². The Morgan fingerprint density at radius 3 is 2.59 bits per heavy atom. The number of unbranched alkanes of at least 4 members (excludes halogenated alkanes) is 2. The molecule has 0 N–H and O–H groups in total. The molecule has 0 heterocycles. The summed E-state index contributed by atoms with van der Waals surface area (Å²) in [4.78, 5) is 0. The van der Waals surface area contributed by atoms with Crippen molar-refractivity contribution in [1.29, 1.82) is 0 Å². The van der Waals surface area contributed by atoms with E-state index in [1.165, 1.54) is 64.2 Å². The molecule has 0 radical (unpaired) electrons. The van der Waals surface area contributed by atoms with Gasteiger partial charge in [0.25, 0.3) is 0 Å². The first-order valence-corrected chi connectivity index (χ1v) is 7.94. The lowest BCUT2D eigenvalue weighted by molar-refractivity contribution is 0.403. The topological polar surface area (TPSA) is 0 Å². The molecule has 0 amide bonds. The summed E-state index contributed by atoms with van der Waals surface area (Å²) in [5.41, 5.74) is 1.67. The van der Waals surface area contributed by atoms with Crippen LogP contribution < -0.4 is 0 Å². The Morgan fingerprint density at radius 1 is 1.06 bits per heavy atom. The lowest BCUT2D eigenvalue weighted by atomic mass is 9.90. The van der Waals surface area contributed by atoms with Crippen LogP contribution in [0.4, 0.5) is 0 Å². The van der Waals surface area contributed by atoms with E-state index in [4.69, 9.17) is 0 Å². The number of hydrogen-bond acceptors (Lipinski definition) is 0. The standard InChI is InChI=1S/C17H32/c1-4-6-7-10-16-11-8-12-17(14-13-16)15(3)9-5-2/h9,16-17H,4-8,10-14H2,1-3H3. The molecule has 1 saturated carbocycles. The van der Waals surface area contributed by atoms with Gasteiger partial charge in [0.1, 0.15) is 0 Å². The largest absolute Gasteiger partial charge is 0.0856 e.